The summed E-state index contributed by atoms with van der Waals surface area (Å²) < 4.78 is 10.3. The summed E-state index contributed by atoms with van der Waals surface area (Å²) in [6.07, 6.45) is 6.83. The van der Waals surface area contributed by atoms with E-state index in [4.69, 9.17) is 9.47 Å². The predicted molar refractivity (Wildman–Crippen MR) is 230 cm³/mol. The lowest BCUT2D eigenvalue weighted by Crippen LogP contribution is -2.39. The van der Waals surface area contributed by atoms with Crippen LogP contribution in [0, 0.1) is 0 Å². The molecule has 1 heterocycles. The van der Waals surface area contributed by atoms with Gasteiger partial charge in [-0.25, -0.2) is 0 Å². The van der Waals surface area contributed by atoms with Crippen molar-refractivity contribution in [3.63, 3.8) is 0 Å². The van der Waals surface area contributed by atoms with Crippen molar-refractivity contribution in [3.05, 3.63) is 232 Å². The predicted octanol–water partition coefficient (Wildman–Crippen LogP) is 6.14. The minimum atomic E-state index is -0.910. The molecule has 2 aliphatic rings. The van der Waals surface area contributed by atoms with E-state index in [1.54, 1.807) is 0 Å². The number of ketones is 2. The van der Waals surface area contributed by atoms with Gasteiger partial charge in [0.1, 0.15) is 6.04 Å². The molecule has 0 aromatic carbocycles. The molecule has 1 N–H and O–H groups in total. The quantitative estimate of drug-likeness (QED) is 0.0546. The van der Waals surface area contributed by atoms with Crippen LogP contribution in [-0.4, -0.2) is 59.4 Å². The van der Waals surface area contributed by atoms with Crippen LogP contribution in [0.1, 0.15) is 44.9 Å². The van der Waals surface area contributed by atoms with E-state index in [0.717, 1.165) is 4.90 Å². The molecule has 0 aromatic rings. The monoisotopic (exact) mass is 854 g/mol. The highest BCUT2D eigenvalue weighted by Crippen LogP contribution is 2.11. The van der Waals surface area contributed by atoms with Crippen LogP contribution in [0.2, 0.25) is 0 Å². The van der Waals surface area contributed by atoms with Gasteiger partial charge in [0, 0.05) is 129 Å². The van der Waals surface area contributed by atoms with Gasteiger partial charge in [-0.3, -0.25) is 33.7 Å². The molecule has 10 nitrogen and oxygen atoms in total. The van der Waals surface area contributed by atoms with E-state index in [-0.39, 0.29) is 42.8 Å². The lowest BCUT2D eigenvalue weighted by atomic mass is 10.2. The smallest absolute Gasteiger partial charge is 0.352 e. The van der Waals surface area contributed by atoms with Crippen molar-refractivity contribution < 1.29 is 38.2 Å². The molecule has 0 saturated heterocycles. The van der Waals surface area contributed by atoms with Crippen LogP contribution < -0.4 is 5.32 Å². The average Bonchev–Trinajstić information content (AvgIpc) is 3.80. The van der Waals surface area contributed by atoms with Gasteiger partial charge in [0.25, 0.3) is 11.8 Å². The Kier molecular flexibility index (Phi) is 27.1. The zero-order valence-electron chi connectivity index (χ0n) is 34.7. The zero-order chi connectivity index (χ0) is 47.6. The summed E-state index contributed by atoms with van der Waals surface area (Å²) in [7, 11) is 0. The van der Waals surface area contributed by atoms with Gasteiger partial charge in [0.2, 0.25) is 0 Å². The number of ether oxygens (including phenoxy) is 2. The van der Waals surface area contributed by atoms with Crippen LogP contribution in [0.3, 0.4) is 0 Å². The van der Waals surface area contributed by atoms with Gasteiger partial charge < -0.3 is 14.8 Å². The van der Waals surface area contributed by atoms with Gasteiger partial charge in [-0.1, -0.05) is 12.2 Å². The van der Waals surface area contributed by atoms with Crippen molar-refractivity contribution in [3.8, 4) is 0 Å². The third kappa shape index (κ3) is 26.3. The van der Waals surface area contributed by atoms with E-state index in [1.807, 2.05) is 0 Å². The average molecular weight is 855 g/mol. The van der Waals surface area contributed by atoms with Gasteiger partial charge in [0.05, 0.1) is 0 Å². The van der Waals surface area contributed by atoms with E-state index < -0.39 is 23.9 Å². The fourth-order valence-corrected chi connectivity index (χ4v) is 4.15. The molecule has 0 radical (unpaired) electrons. The van der Waals surface area contributed by atoms with E-state index in [9.17, 15) is 28.8 Å². The van der Waals surface area contributed by atoms with Crippen molar-refractivity contribution in [1.82, 2.24) is 10.2 Å². The topological polar surface area (TPSA) is 136 Å². The van der Waals surface area contributed by atoms with E-state index in [0.29, 0.717) is 38.6 Å². The number of carbonyl (C=O) groups is 6. The number of amides is 2. The van der Waals surface area contributed by atoms with Gasteiger partial charge in [-0.05, 0) is 143 Å². The van der Waals surface area contributed by atoms with Crippen molar-refractivity contribution in [1.29, 1.82) is 0 Å². The zero-order valence-corrected chi connectivity index (χ0v) is 34.7. The van der Waals surface area contributed by atoms with Gasteiger partial charge in [-0.2, -0.15) is 0 Å². The summed E-state index contributed by atoms with van der Waals surface area (Å²) in [5, 5.41) is 2.84. The summed E-state index contributed by atoms with van der Waals surface area (Å²) in [5.74, 6) is -3.46. The first-order valence-corrected chi connectivity index (χ1v) is 18.9. The minimum absolute atomic E-state index is 0.0571. The van der Waals surface area contributed by atoms with Gasteiger partial charge in [-0.15, -0.1) is 0 Å². The Balaban J connectivity index is 2.19. The number of hydrogen-bond donors (Lipinski definition) is 1. The fraction of sp³-hybridized carbons (Fsp3) is 0.179. The van der Waals surface area contributed by atoms with Crippen LogP contribution >= 0.6 is 0 Å². The maximum atomic E-state index is 12.5. The molecule has 10 heteroatoms. The summed E-state index contributed by atoms with van der Waals surface area (Å²) in [5.41, 5.74) is 83.8. The van der Waals surface area contributed by atoms with Crippen LogP contribution in [0.25, 0.3) is 0 Å². The second-order valence-corrected chi connectivity index (χ2v) is 11.5. The number of nitrogens with one attached hydrogen (secondary N) is 1. The van der Waals surface area contributed by atoms with E-state index in [1.165, 1.54) is 24.3 Å². The van der Waals surface area contributed by atoms with Crippen LogP contribution in [-0.2, 0) is 38.2 Å². The van der Waals surface area contributed by atoms with Crippen molar-refractivity contribution in [2.75, 3.05) is 13.1 Å². The second-order valence-electron chi connectivity index (χ2n) is 11.5. The lowest BCUT2D eigenvalue weighted by Gasteiger charge is -2.13. The molecular formula is C56H26N2O8. The first kappa shape index (κ1) is 51.3. The van der Waals surface area contributed by atoms with Gasteiger partial charge in [0.15, 0.2) is 11.6 Å². The van der Waals surface area contributed by atoms with E-state index in [2.05, 4.69) is 207 Å². The third-order valence-electron chi connectivity index (χ3n) is 6.90. The summed E-state index contributed by atoms with van der Waals surface area (Å²) in [6.45, 7) is 3.84. The Bertz CT molecular complexity index is 3430. The second kappa shape index (κ2) is 34.9. The van der Waals surface area contributed by atoms with Crippen LogP contribution in [0.4, 0.5) is 0 Å². The highest BCUT2D eigenvalue weighted by Gasteiger charge is 2.27. The molecule has 0 unspecified atom stereocenters. The summed E-state index contributed by atoms with van der Waals surface area (Å²) >= 11 is 0. The Morgan fingerprint density at radius 3 is 1.15 bits per heavy atom. The number of unbranched alkanes of at least 4 members (excludes halogenated alkanes) is 3. The SMILES string of the molecule is C=C=C=C=C=C=C=C=C=C=C=C=C=C=C=C=C=C=C=C=C=C=C=C=C=C=C=C=C=C=C=C=C=C=C=C(OC(=O)CCCCCN1C(=O)C=CC1=O)OC(=O)CCCCNC1C(=O)C=CC1=O. The summed E-state index contributed by atoms with van der Waals surface area (Å²) in [4.78, 5) is 72.8. The molecule has 1 aliphatic carbocycles. The molecule has 0 spiro atoms. The molecular weight excluding hydrogens is 829 g/mol. The van der Waals surface area contributed by atoms with Crippen molar-refractivity contribution in [2.24, 2.45) is 0 Å². The van der Waals surface area contributed by atoms with Gasteiger partial charge >= 0.3 is 17.9 Å². The molecule has 0 atom stereocenters. The molecule has 0 saturated carbocycles. The van der Waals surface area contributed by atoms with Crippen molar-refractivity contribution in [2.45, 2.75) is 51.0 Å². The fourth-order valence-electron chi connectivity index (χ4n) is 4.15. The molecule has 2 amide bonds. The lowest BCUT2D eigenvalue weighted by molar-refractivity contribution is -0.154. The molecule has 0 fully saturated rings. The number of nitrogens with zero attached hydrogens (tertiary/aromatic N) is 1. The standard InChI is InChI=1S/C56H26N2O8/c1-2-3-4-5-6-7-8-9-10-11-12-13-14-15-16-17-18-19-20-21-22-23-24-25-26-27-28-29-30-31-32-33-36-42-55(65-53(63)40-35-34-39-48-58-51(61)45-46-52(58)62)66-54(64)41-37-38-47-57-56-49(59)43-44-50(56)60/h43-46,56-57H,1,34-35,37-41,47-48H2. The Morgan fingerprint density at radius 2 is 0.788 bits per heavy atom. The van der Waals surface area contributed by atoms with Crippen molar-refractivity contribution >= 4 is 35.3 Å². The highest BCUT2D eigenvalue weighted by molar-refractivity contribution is 6.22. The molecule has 0 bridgehead atoms. The van der Waals surface area contributed by atoms with Crippen LogP contribution in [0.5, 0.6) is 0 Å². The van der Waals surface area contributed by atoms with E-state index >= 15 is 0 Å². The molecule has 0 aromatic heterocycles. The van der Waals surface area contributed by atoms with Crippen LogP contribution in [0.15, 0.2) is 232 Å². The minimum Gasteiger partial charge on any atom is -0.386 e. The third-order valence-corrected chi connectivity index (χ3v) is 6.90. The Morgan fingerprint density at radius 1 is 0.455 bits per heavy atom. The molecule has 2 rings (SSSR count). The number of carbonyl (C=O) groups excluding carboxylic acids is 6. The number of imide groups is 1. The largest absolute Gasteiger partial charge is 0.386 e. The molecule has 66 heavy (non-hydrogen) atoms. The normalized spacial score (nSPS) is 9.67. The highest BCUT2D eigenvalue weighted by atomic mass is 16.7. The summed E-state index contributed by atoms with van der Waals surface area (Å²) in [6, 6.07) is -0.910. The number of esters is 2. The number of rotatable bonds is 14. The maximum Gasteiger partial charge on any atom is 0.352 e. The molecule has 1 aliphatic heterocycles. The first-order chi connectivity index (χ1) is 32.3. The Labute approximate surface area is 378 Å². The Hall–Kier alpha value is -10.9. The molecule has 308 valence electrons. The maximum absolute atomic E-state index is 12.5. The first-order valence-electron chi connectivity index (χ1n) is 18.9. The number of hydrogen-bond acceptors (Lipinski definition) is 9.